The Morgan fingerprint density at radius 2 is 1.84 bits per heavy atom. The zero-order valence-corrected chi connectivity index (χ0v) is 17.1. The maximum absolute atomic E-state index is 13.0. The molecule has 0 unspecified atom stereocenters. The summed E-state index contributed by atoms with van der Waals surface area (Å²) in [5.74, 6) is 0.0671. The van der Waals surface area contributed by atoms with Gasteiger partial charge in [0.1, 0.15) is 5.75 Å². The number of carboxylic acid groups (broad SMARTS) is 1. The van der Waals surface area contributed by atoms with Crippen molar-refractivity contribution in [1.29, 1.82) is 0 Å². The molecule has 3 atom stereocenters. The normalized spacial score (nSPS) is 21.2. The Labute approximate surface area is 178 Å². The molecule has 3 N–H and O–H groups in total. The van der Waals surface area contributed by atoms with E-state index in [0.29, 0.717) is 25.2 Å². The van der Waals surface area contributed by atoms with Gasteiger partial charge in [0.15, 0.2) is 0 Å². The zero-order chi connectivity index (χ0) is 22.5. The second-order valence-corrected chi connectivity index (χ2v) is 7.72. The molecule has 0 spiro atoms. The Hall–Kier alpha value is -3.62. The zero-order valence-electron chi connectivity index (χ0n) is 17.1. The van der Waals surface area contributed by atoms with Crippen molar-refractivity contribution in [2.45, 2.75) is 25.3 Å². The topological polar surface area (TPSA) is 129 Å². The highest BCUT2D eigenvalue weighted by Gasteiger charge is 2.41. The molecule has 9 nitrogen and oxygen atoms in total. The maximum atomic E-state index is 13.0. The first-order valence-electron chi connectivity index (χ1n) is 9.97. The van der Waals surface area contributed by atoms with Crippen LogP contribution >= 0.6 is 0 Å². The van der Waals surface area contributed by atoms with Crippen molar-refractivity contribution >= 4 is 18.3 Å². The van der Waals surface area contributed by atoms with E-state index >= 15 is 0 Å². The van der Waals surface area contributed by atoms with Gasteiger partial charge in [-0.15, -0.1) is 0 Å². The van der Waals surface area contributed by atoms with E-state index in [4.69, 9.17) is 9.90 Å². The first-order valence-corrected chi connectivity index (χ1v) is 9.97. The molecule has 164 valence electrons. The summed E-state index contributed by atoms with van der Waals surface area (Å²) in [6, 6.07) is 11.3. The molecule has 2 bridgehead atoms. The van der Waals surface area contributed by atoms with Crippen molar-refractivity contribution in [1.82, 2.24) is 14.8 Å². The third-order valence-corrected chi connectivity index (χ3v) is 5.76. The van der Waals surface area contributed by atoms with Crippen molar-refractivity contribution in [3.8, 4) is 5.75 Å². The summed E-state index contributed by atoms with van der Waals surface area (Å²) in [6.45, 7) is 2.65. The van der Waals surface area contributed by atoms with Crippen molar-refractivity contribution in [3.63, 3.8) is 0 Å². The predicted octanol–water partition coefficient (Wildman–Crippen LogP) is 1.19. The van der Waals surface area contributed by atoms with Gasteiger partial charge in [-0.25, -0.2) is 0 Å². The first kappa shape index (κ1) is 22.1. The SMILES string of the molecule is CC(=O)NC[C@H]1[C@H]2C[C@H](CN(C(=O)c3ccc(O)cc3)C2)c2cccc(=O)n21.O=CO. The van der Waals surface area contributed by atoms with Crippen LogP contribution in [0.2, 0.25) is 0 Å². The van der Waals surface area contributed by atoms with E-state index in [1.54, 1.807) is 28.8 Å². The number of fused-ring (bicyclic) bond motifs is 4. The third-order valence-electron chi connectivity index (χ3n) is 5.76. The lowest BCUT2D eigenvalue weighted by molar-refractivity contribution is -0.123. The fourth-order valence-corrected chi connectivity index (χ4v) is 4.51. The van der Waals surface area contributed by atoms with Crippen LogP contribution in [-0.4, -0.2) is 57.6 Å². The second-order valence-electron chi connectivity index (χ2n) is 7.72. The summed E-state index contributed by atoms with van der Waals surface area (Å²) in [7, 11) is 0. The highest BCUT2D eigenvalue weighted by Crippen LogP contribution is 2.41. The number of phenols is 1. The number of phenolic OH excluding ortho intramolecular Hbond substituents is 1. The summed E-state index contributed by atoms with van der Waals surface area (Å²) < 4.78 is 1.80. The lowest BCUT2D eigenvalue weighted by Crippen LogP contribution is -2.53. The van der Waals surface area contributed by atoms with E-state index in [0.717, 1.165) is 12.1 Å². The van der Waals surface area contributed by atoms with E-state index < -0.39 is 0 Å². The van der Waals surface area contributed by atoms with Crippen molar-refractivity contribution < 1.29 is 24.6 Å². The van der Waals surface area contributed by atoms with Crippen LogP contribution in [0.5, 0.6) is 5.75 Å². The monoisotopic (exact) mass is 427 g/mol. The number of aromatic hydroxyl groups is 1. The van der Waals surface area contributed by atoms with Crippen molar-refractivity contribution in [2.24, 2.45) is 5.92 Å². The molecule has 2 aliphatic rings. The Morgan fingerprint density at radius 3 is 2.48 bits per heavy atom. The molecule has 1 saturated heterocycles. The number of hydrogen-bond acceptors (Lipinski definition) is 5. The van der Waals surface area contributed by atoms with Crippen LogP contribution in [0.3, 0.4) is 0 Å². The molecule has 1 aromatic heterocycles. The molecule has 0 radical (unpaired) electrons. The van der Waals surface area contributed by atoms with Gasteiger partial charge in [0.2, 0.25) is 5.91 Å². The number of carbonyl (C=O) groups excluding carboxylic acids is 2. The number of amides is 2. The highest BCUT2D eigenvalue weighted by atomic mass is 16.3. The smallest absolute Gasteiger partial charge is 0.290 e. The van der Waals surface area contributed by atoms with Gasteiger partial charge < -0.3 is 25.0 Å². The minimum Gasteiger partial charge on any atom is -0.508 e. The summed E-state index contributed by atoms with van der Waals surface area (Å²) >= 11 is 0. The number of likely N-dealkylation sites (tertiary alicyclic amines) is 1. The minimum absolute atomic E-state index is 0.0686. The van der Waals surface area contributed by atoms with Gasteiger partial charge in [0.05, 0.1) is 6.04 Å². The van der Waals surface area contributed by atoms with E-state index in [2.05, 4.69) is 5.32 Å². The van der Waals surface area contributed by atoms with Crippen LogP contribution in [0.4, 0.5) is 0 Å². The van der Waals surface area contributed by atoms with Crippen LogP contribution in [0.25, 0.3) is 0 Å². The first-order chi connectivity index (χ1) is 14.8. The summed E-state index contributed by atoms with van der Waals surface area (Å²) in [5, 5.41) is 19.2. The fourth-order valence-electron chi connectivity index (χ4n) is 4.51. The molecule has 9 heteroatoms. The molecule has 2 amide bonds. The van der Waals surface area contributed by atoms with Gasteiger partial charge in [-0.05, 0) is 42.7 Å². The van der Waals surface area contributed by atoms with Gasteiger partial charge in [0, 0.05) is 49.8 Å². The van der Waals surface area contributed by atoms with E-state index in [-0.39, 0.29) is 47.5 Å². The molecular weight excluding hydrogens is 402 g/mol. The molecule has 1 fully saturated rings. The van der Waals surface area contributed by atoms with Gasteiger partial charge in [-0.1, -0.05) is 6.07 Å². The Kier molecular flexibility index (Phi) is 6.74. The number of nitrogens with zero attached hydrogens (tertiary/aromatic N) is 2. The Balaban J connectivity index is 0.000000858. The Bertz CT molecular complexity index is 1020. The molecule has 0 aliphatic carbocycles. The molecule has 31 heavy (non-hydrogen) atoms. The molecule has 3 heterocycles. The average Bonchev–Trinajstić information content (AvgIpc) is 2.74. The standard InChI is InChI=1S/C21H23N3O4.CH2O2/c1-13(25)22-10-19-16-9-15(18-3-2-4-20(27)24(18)19)11-23(12-16)21(28)14-5-7-17(26)8-6-14;2-1-3/h2-8,15-16,19,26H,9-12H2,1H3,(H,22,25);1H,(H,2,3)/t15-,16+,19+;/m1./s1. The predicted molar refractivity (Wildman–Crippen MR) is 112 cm³/mol. The fraction of sp³-hybridized carbons (Fsp3) is 0.364. The summed E-state index contributed by atoms with van der Waals surface area (Å²) in [4.78, 5) is 47.2. The lowest BCUT2D eigenvalue weighted by atomic mass is 9.78. The van der Waals surface area contributed by atoms with E-state index in [1.165, 1.54) is 19.1 Å². The van der Waals surface area contributed by atoms with Gasteiger partial charge in [0.25, 0.3) is 17.9 Å². The Morgan fingerprint density at radius 1 is 1.16 bits per heavy atom. The van der Waals surface area contributed by atoms with Crippen molar-refractivity contribution in [2.75, 3.05) is 19.6 Å². The highest BCUT2D eigenvalue weighted by molar-refractivity contribution is 5.94. The number of rotatable bonds is 3. The largest absolute Gasteiger partial charge is 0.508 e. The van der Waals surface area contributed by atoms with Crippen LogP contribution in [0.15, 0.2) is 47.3 Å². The lowest BCUT2D eigenvalue weighted by Gasteiger charge is -2.47. The van der Waals surface area contributed by atoms with E-state index in [9.17, 15) is 19.5 Å². The number of hydrogen-bond donors (Lipinski definition) is 3. The second kappa shape index (κ2) is 9.46. The van der Waals surface area contributed by atoms with Crippen LogP contribution in [0.1, 0.15) is 41.4 Å². The number of carbonyl (C=O) groups is 3. The van der Waals surface area contributed by atoms with E-state index in [1.807, 2.05) is 11.0 Å². The molecule has 2 aromatic rings. The van der Waals surface area contributed by atoms with Crippen LogP contribution in [0, 0.1) is 5.92 Å². The average molecular weight is 427 g/mol. The molecule has 4 rings (SSSR count). The number of aromatic nitrogens is 1. The number of nitrogens with one attached hydrogen (secondary N) is 1. The molecule has 2 aliphatic heterocycles. The van der Waals surface area contributed by atoms with Crippen LogP contribution < -0.4 is 10.9 Å². The summed E-state index contributed by atoms with van der Waals surface area (Å²) in [6.07, 6.45) is 0.882. The van der Waals surface area contributed by atoms with Gasteiger partial charge in [-0.2, -0.15) is 0 Å². The maximum Gasteiger partial charge on any atom is 0.290 e. The number of pyridine rings is 1. The summed E-state index contributed by atoms with van der Waals surface area (Å²) in [5.41, 5.74) is 1.38. The molecular formula is C22H25N3O6. The van der Waals surface area contributed by atoms with Gasteiger partial charge >= 0.3 is 0 Å². The minimum atomic E-state index is -0.250. The van der Waals surface area contributed by atoms with Crippen LogP contribution in [-0.2, 0) is 9.59 Å². The molecule has 1 aromatic carbocycles. The quantitative estimate of drug-likeness (QED) is 0.631. The molecule has 0 saturated carbocycles. The third kappa shape index (κ3) is 4.76. The van der Waals surface area contributed by atoms with Crippen molar-refractivity contribution in [3.05, 3.63) is 64.1 Å². The number of benzene rings is 1. The number of piperidine rings is 1. The van der Waals surface area contributed by atoms with Gasteiger partial charge in [-0.3, -0.25) is 19.2 Å².